The normalized spacial score (nSPS) is 10.9. The summed E-state index contributed by atoms with van der Waals surface area (Å²) in [5.74, 6) is -0.616. The monoisotopic (exact) mass is 320 g/mol. The molecule has 1 amide bonds. The molecule has 22 heavy (non-hydrogen) atoms. The minimum absolute atomic E-state index is 0.0465. The zero-order chi connectivity index (χ0) is 15.9. The Kier molecular flexibility index (Phi) is 5.89. The number of nitrogens with zero attached hydrogens (tertiary/aromatic N) is 1. The van der Waals surface area contributed by atoms with E-state index in [2.05, 4.69) is 10.3 Å². The van der Waals surface area contributed by atoms with Gasteiger partial charge in [0.1, 0.15) is 0 Å². The molecule has 6 heteroatoms. The van der Waals surface area contributed by atoms with Gasteiger partial charge in [-0.05, 0) is 38.8 Å². The van der Waals surface area contributed by atoms with Gasteiger partial charge in [-0.25, -0.2) is 4.98 Å². The van der Waals surface area contributed by atoms with Gasteiger partial charge in [0.25, 0.3) is 5.91 Å². The van der Waals surface area contributed by atoms with Crippen molar-refractivity contribution in [3.8, 4) is 0 Å². The van der Waals surface area contributed by atoms with E-state index in [0.717, 1.165) is 21.6 Å². The Morgan fingerprint density at radius 1 is 1.32 bits per heavy atom. The van der Waals surface area contributed by atoms with Crippen LogP contribution in [0, 0.1) is 0 Å². The molecule has 2 aromatic rings. The van der Waals surface area contributed by atoms with E-state index in [1.165, 1.54) is 0 Å². The van der Waals surface area contributed by atoms with Gasteiger partial charge in [-0.2, -0.15) is 0 Å². The second-order valence-corrected chi connectivity index (χ2v) is 6.43. The van der Waals surface area contributed by atoms with Crippen LogP contribution >= 0.6 is 11.3 Å². The summed E-state index contributed by atoms with van der Waals surface area (Å²) in [5.41, 5.74) is 0.996. The lowest BCUT2D eigenvalue weighted by Gasteiger charge is -2.08. The molecule has 0 bridgehead atoms. The molecule has 0 aliphatic carbocycles. The molecule has 0 saturated heterocycles. The van der Waals surface area contributed by atoms with Crippen molar-refractivity contribution in [2.75, 3.05) is 6.61 Å². The van der Waals surface area contributed by atoms with Crippen LogP contribution in [0.2, 0.25) is 0 Å². The zero-order valence-electron chi connectivity index (χ0n) is 12.8. The third kappa shape index (κ3) is 5.11. The summed E-state index contributed by atoms with van der Waals surface area (Å²) in [4.78, 5) is 27.5. The molecule has 5 nitrogen and oxygen atoms in total. The van der Waals surface area contributed by atoms with Crippen LogP contribution in [0.5, 0.6) is 0 Å². The van der Waals surface area contributed by atoms with Gasteiger partial charge in [0.05, 0.1) is 15.2 Å². The Morgan fingerprint density at radius 2 is 2.09 bits per heavy atom. The Labute approximate surface area is 133 Å². The van der Waals surface area contributed by atoms with Crippen molar-refractivity contribution in [2.24, 2.45) is 0 Å². The van der Waals surface area contributed by atoms with Crippen LogP contribution in [-0.2, 0) is 20.7 Å². The number of thiazole rings is 1. The number of carbonyl (C=O) groups excluding carboxylic acids is 2. The standard InChI is InChI=1S/C16H20N2O3S/c1-11(2)17-14(19)10-21-16(20)9-5-8-15-18-12-6-3-4-7-13(12)22-15/h3-4,6-7,11H,5,8-10H2,1-2H3,(H,17,19). The molecule has 0 aliphatic heterocycles. The van der Waals surface area contributed by atoms with Crippen LogP contribution in [0.25, 0.3) is 10.2 Å². The molecular weight excluding hydrogens is 300 g/mol. The molecule has 0 saturated carbocycles. The molecule has 1 aromatic carbocycles. The number of nitrogens with one attached hydrogen (secondary N) is 1. The van der Waals surface area contributed by atoms with E-state index in [1.807, 2.05) is 38.1 Å². The lowest BCUT2D eigenvalue weighted by Crippen LogP contribution is -2.33. The fourth-order valence-corrected chi connectivity index (χ4v) is 3.00. The second-order valence-electron chi connectivity index (χ2n) is 5.31. The first-order valence-electron chi connectivity index (χ1n) is 7.34. The van der Waals surface area contributed by atoms with Gasteiger partial charge in [-0.15, -0.1) is 11.3 Å². The highest BCUT2D eigenvalue weighted by Gasteiger charge is 2.09. The first-order valence-corrected chi connectivity index (χ1v) is 8.15. The lowest BCUT2D eigenvalue weighted by atomic mass is 10.2. The van der Waals surface area contributed by atoms with E-state index >= 15 is 0 Å². The summed E-state index contributed by atoms with van der Waals surface area (Å²) in [7, 11) is 0. The topological polar surface area (TPSA) is 68.3 Å². The Bertz CT molecular complexity index is 619. The van der Waals surface area contributed by atoms with Crippen LogP contribution < -0.4 is 5.32 Å². The summed E-state index contributed by atoms with van der Waals surface area (Å²) in [5, 5.41) is 3.69. The number of aromatic nitrogens is 1. The van der Waals surface area contributed by atoms with Gasteiger partial charge < -0.3 is 10.1 Å². The number of rotatable bonds is 7. The average Bonchev–Trinajstić information content (AvgIpc) is 2.87. The maximum absolute atomic E-state index is 11.6. The zero-order valence-corrected chi connectivity index (χ0v) is 13.6. The molecular formula is C16H20N2O3S. The highest BCUT2D eigenvalue weighted by atomic mass is 32.1. The maximum Gasteiger partial charge on any atom is 0.306 e. The van der Waals surface area contributed by atoms with Crippen LogP contribution in [0.1, 0.15) is 31.7 Å². The van der Waals surface area contributed by atoms with Crippen LogP contribution in [0.4, 0.5) is 0 Å². The van der Waals surface area contributed by atoms with Gasteiger partial charge >= 0.3 is 5.97 Å². The highest BCUT2D eigenvalue weighted by molar-refractivity contribution is 7.18. The predicted octanol–water partition coefficient (Wildman–Crippen LogP) is 2.69. The van der Waals surface area contributed by atoms with E-state index in [0.29, 0.717) is 12.8 Å². The smallest absolute Gasteiger partial charge is 0.306 e. The van der Waals surface area contributed by atoms with Gasteiger partial charge in [-0.3, -0.25) is 9.59 Å². The Balaban J connectivity index is 1.69. The van der Waals surface area contributed by atoms with E-state index in [4.69, 9.17) is 4.74 Å². The van der Waals surface area contributed by atoms with Crippen molar-refractivity contribution in [1.29, 1.82) is 0 Å². The highest BCUT2D eigenvalue weighted by Crippen LogP contribution is 2.22. The summed E-state index contributed by atoms with van der Waals surface area (Å²) in [6.07, 6.45) is 1.71. The van der Waals surface area contributed by atoms with Crippen molar-refractivity contribution in [3.05, 3.63) is 29.3 Å². The number of hydrogen-bond donors (Lipinski definition) is 1. The van der Waals surface area contributed by atoms with Crippen molar-refractivity contribution < 1.29 is 14.3 Å². The minimum Gasteiger partial charge on any atom is -0.456 e. The number of benzene rings is 1. The quantitative estimate of drug-likeness (QED) is 0.796. The van der Waals surface area contributed by atoms with Gasteiger partial charge in [-0.1, -0.05) is 12.1 Å². The number of ether oxygens (including phenoxy) is 1. The van der Waals surface area contributed by atoms with Gasteiger partial charge in [0, 0.05) is 12.5 Å². The molecule has 0 radical (unpaired) electrons. The second kappa shape index (κ2) is 7.89. The molecule has 1 N–H and O–H groups in total. The molecule has 0 spiro atoms. The first kappa shape index (κ1) is 16.4. The maximum atomic E-state index is 11.6. The first-order chi connectivity index (χ1) is 10.5. The molecule has 0 aliphatic rings. The number of aryl methyl sites for hydroxylation is 1. The third-order valence-electron chi connectivity index (χ3n) is 2.92. The van der Waals surface area contributed by atoms with E-state index < -0.39 is 0 Å². The van der Waals surface area contributed by atoms with Crippen LogP contribution in [0.15, 0.2) is 24.3 Å². The summed E-state index contributed by atoms with van der Waals surface area (Å²) in [6.45, 7) is 3.51. The fourth-order valence-electron chi connectivity index (χ4n) is 1.99. The number of hydrogen-bond acceptors (Lipinski definition) is 5. The Morgan fingerprint density at radius 3 is 2.82 bits per heavy atom. The number of carbonyl (C=O) groups is 2. The van der Waals surface area contributed by atoms with Gasteiger partial charge in [0.2, 0.25) is 0 Å². The lowest BCUT2D eigenvalue weighted by molar-refractivity contribution is -0.148. The van der Waals surface area contributed by atoms with Crippen LogP contribution in [-0.4, -0.2) is 29.5 Å². The molecule has 0 fully saturated rings. The minimum atomic E-state index is -0.347. The molecule has 0 unspecified atom stereocenters. The average molecular weight is 320 g/mol. The number of fused-ring (bicyclic) bond motifs is 1. The van der Waals surface area contributed by atoms with E-state index in [1.54, 1.807) is 11.3 Å². The molecule has 1 heterocycles. The summed E-state index contributed by atoms with van der Waals surface area (Å²) < 4.78 is 6.09. The van der Waals surface area contributed by atoms with Gasteiger partial charge in [0.15, 0.2) is 6.61 Å². The fraction of sp³-hybridized carbons (Fsp3) is 0.438. The molecule has 1 aromatic heterocycles. The number of esters is 1. The summed E-state index contributed by atoms with van der Waals surface area (Å²) >= 11 is 1.65. The SMILES string of the molecule is CC(C)NC(=O)COC(=O)CCCc1nc2ccccc2s1. The molecule has 2 rings (SSSR count). The van der Waals surface area contributed by atoms with Crippen molar-refractivity contribution >= 4 is 33.4 Å². The number of amides is 1. The Hall–Kier alpha value is -1.95. The summed E-state index contributed by atoms with van der Waals surface area (Å²) in [6, 6.07) is 8.02. The number of para-hydroxylation sites is 1. The third-order valence-corrected chi connectivity index (χ3v) is 4.02. The largest absolute Gasteiger partial charge is 0.456 e. The predicted molar refractivity (Wildman–Crippen MR) is 86.8 cm³/mol. The van der Waals surface area contributed by atoms with E-state index in [9.17, 15) is 9.59 Å². The van der Waals surface area contributed by atoms with Crippen molar-refractivity contribution in [1.82, 2.24) is 10.3 Å². The van der Waals surface area contributed by atoms with Crippen molar-refractivity contribution in [3.63, 3.8) is 0 Å². The van der Waals surface area contributed by atoms with E-state index in [-0.39, 0.29) is 24.5 Å². The molecule has 118 valence electrons. The van der Waals surface area contributed by atoms with Crippen molar-refractivity contribution in [2.45, 2.75) is 39.2 Å². The molecule has 0 atom stereocenters. The van der Waals surface area contributed by atoms with Crippen LogP contribution in [0.3, 0.4) is 0 Å².